The molecule has 31 heavy (non-hydrogen) atoms. The zero-order chi connectivity index (χ0) is 21.9. The van der Waals surface area contributed by atoms with Crippen molar-refractivity contribution in [3.05, 3.63) is 89.6 Å². The van der Waals surface area contributed by atoms with Crippen LogP contribution in [0.1, 0.15) is 16.7 Å². The van der Waals surface area contributed by atoms with Gasteiger partial charge in [-0.1, -0.05) is 48.5 Å². The fraction of sp³-hybridized carbons (Fsp3) is 0.217. The molecule has 0 fully saturated rings. The molecule has 0 amide bonds. The Hall–Kier alpha value is -3.68. The fourth-order valence-electron chi connectivity index (χ4n) is 2.82. The third-order valence-electron chi connectivity index (χ3n) is 4.35. The van der Waals surface area contributed by atoms with Crippen LogP contribution in [0.2, 0.25) is 0 Å². The largest absolute Gasteiger partial charge is 0.473 e. The second-order valence-corrected chi connectivity index (χ2v) is 6.54. The topological polar surface area (TPSA) is 67.8 Å². The molecule has 1 heterocycles. The Kier molecular flexibility index (Phi) is 8.16. The Bertz CT molecular complexity index is 984. The number of nitrogens with one attached hydrogen (secondary N) is 2. The quantitative estimate of drug-likeness (QED) is 0.398. The standard InChI is InChI=1S/C23H24F2N4O2/c1-26-23(29-15-19-9-5-6-10-20(19)31-22(24)25)28-14-18-11-12-27-21(13-18)30-16-17-7-3-2-4-8-17/h2-13,22H,14-16H2,1H3,(H2,26,28,29). The molecule has 8 heteroatoms. The van der Waals surface area contributed by atoms with Crippen LogP contribution in [0.5, 0.6) is 11.6 Å². The number of guanidine groups is 1. The van der Waals surface area contributed by atoms with Crippen molar-refractivity contribution in [3.8, 4) is 11.6 Å². The van der Waals surface area contributed by atoms with Gasteiger partial charge in [0.15, 0.2) is 5.96 Å². The lowest BCUT2D eigenvalue weighted by atomic mass is 10.2. The molecule has 0 saturated heterocycles. The van der Waals surface area contributed by atoms with E-state index in [4.69, 9.17) is 4.74 Å². The van der Waals surface area contributed by atoms with Crippen molar-refractivity contribution in [3.63, 3.8) is 0 Å². The molecule has 3 rings (SSSR count). The van der Waals surface area contributed by atoms with E-state index >= 15 is 0 Å². The molecule has 162 valence electrons. The van der Waals surface area contributed by atoms with Crippen LogP contribution in [0.15, 0.2) is 77.9 Å². The van der Waals surface area contributed by atoms with Crippen LogP contribution < -0.4 is 20.1 Å². The third-order valence-corrected chi connectivity index (χ3v) is 4.35. The molecular weight excluding hydrogens is 402 g/mol. The summed E-state index contributed by atoms with van der Waals surface area (Å²) in [4.78, 5) is 8.41. The summed E-state index contributed by atoms with van der Waals surface area (Å²) in [6.07, 6.45) is 1.69. The first-order chi connectivity index (χ1) is 15.1. The van der Waals surface area contributed by atoms with Gasteiger partial charge in [0, 0.05) is 38.0 Å². The van der Waals surface area contributed by atoms with Crippen molar-refractivity contribution in [1.29, 1.82) is 0 Å². The first-order valence-electron chi connectivity index (χ1n) is 9.73. The lowest BCUT2D eigenvalue weighted by Crippen LogP contribution is -2.36. The number of hydrogen-bond donors (Lipinski definition) is 2. The van der Waals surface area contributed by atoms with Crippen LogP contribution in [0.3, 0.4) is 0 Å². The summed E-state index contributed by atoms with van der Waals surface area (Å²) in [5, 5.41) is 6.28. The monoisotopic (exact) mass is 426 g/mol. The van der Waals surface area contributed by atoms with E-state index in [0.717, 1.165) is 11.1 Å². The van der Waals surface area contributed by atoms with Gasteiger partial charge in [-0.25, -0.2) is 4.98 Å². The minimum Gasteiger partial charge on any atom is -0.473 e. The first kappa shape index (κ1) is 22.0. The number of aromatic nitrogens is 1. The van der Waals surface area contributed by atoms with E-state index in [-0.39, 0.29) is 12.3 Å². The number of alkyl halides is 2. The van der Waals surface area contributed by atoms with Crippen molar-refractivity contribution in [2.24, 2.45) is 4.99 Å². The smallest absolute Gasteiger partial charge is 0.387 e. The van der Waals surface area contributed by atoms with E-state index in [1.54, 1.807) is 31.4 Å². The highest BCUT2D eigenvalue weighted by atomic mass is 19.3. The van der Waals surface area contributed by atoms with E-state index in [2.05, 4.69) is 25.3 Å². The third kappa shape index (κ3) is 7.26. The Labute approximate surface area is 180 Å². The predicted molar refractivity (Wildman–Crippen MR) is 115 cm³/mol. The minimum atomic E-state index is -2.87. The summed E-state index contributed by atoms with van der Waals surface area (Å²) in [6.45, 7) is -1.67. The number of nitrogens with zero attached hydrogens (tertiary/aromatic N) is 2. The van der Waals surface area contributed by atoms with Crippen molar-refractivity contribution < 1.29 is 18.3 Å². The molecule has 1 aromatic heterocycles. The van der Waals surface area contributed by atoms with Crippen LogP contribution >= 0.6 is 0 Å². The molecule has 3 aromatic rings. The van der Waals surface area contributed by atoms with Gasteiger partial charge in [0.1, 0.15) is 12.4 Å². The van der Waals surface area contributed by atoms with Crippen LogP contribution in [0, 0.1) is 0 Å². The molecule has 2 aromatic carbocycles. The molecule has 0 aliphatic heterocycles. The van der Waals surface area contributed by atoms with Crippen LogP contribution in [0.4, 0.5) is 8.78 Å². The first-order valence-corrected chi connectivity index (χ1v) is 9.73. The van der Waals surface area contributed by atoms with Gasteiger partial charge in [0.25, 0.3) is 0 Å². The van der Waals surface area contributed by atoms with Gasteiger partial charge in [-0.3, -0.25) is 4.99 Å². The Morgan fingerprint density at radius 1 is 0.968 bits per heavy atom. The molecule has 0 saturated carbocycles. The minimum absolute atomic E-state index is 0.134. The number of para-hydroxylation sites is 1. The normalized spacial score (nSPS) is 11.3. The van der Waals surface area contributed by atoms with E-state index in [0.29, 0.717) is 30.6 Å². The lowest BCUT2D eigenvalue weighted by Gasteiger charge is -2.15. The Morgan fingerprint density at radius 3 is 2.48 bits per heavy atom. The number of hydrogen-bond acceptors (Lipinski definition) is 4. The summed E-state index contributed by atoms with van der Waals surface area (Å²) in [7, 11) is 1.64. The highest BCUT2D eigenvalue weighted by Gasteiger charge is 2.09. The van der Waals surface area contributed by atoms with E-state index < -0.39 is 6.61 Å². The molecule has 0 unspecified atom stereocenters. The van der Waals surface area contributed by atoms with Gasteiger partial charge >= 0.3 is 6.61 Å². The molecule has 0 radical (unpaired) electrons. The van der Waals surface area contributed by atoms with Crippen molar-refractivity contribution in [1.82, 2.24) is 15.6 Å². The van der Waals surface area contributed by atoms with Gasteiger partial charge in [-0.2, -0.15) is 8.78 Å². The highest BCUT2D eigenvalue weighted by Crippen LogP contribution is 2.20. The number of aliphatic imine (C=N–C) groups is 1. The maximum Gasteiger partial charge on any atom is 0.387 e. The summed E-state index contributed by atoms with van der Waals surface area (Å²) in [5.74, 6) is 1.19. The SMILES string of the molecule is CN=C(NCc1ccnc(OCc2ccccc2)c1)NCc1ccccc1OC(F)F. The van der Waals surface area contributed by atoms with Gasteiger partial charge in [-0.05, 0) is 23.3 Å². The average molecular weight is 426 g/mol. The summed E-state index contributed by atoms with van der Waals surface area (Å²) in [5.41, 5.74) is 2.63. The number of halogens is 2. The van der Waals surface area contributed by atoms with Gasteiger partial charge in [0.2, 0.25) is 5.88 Å². The number of benzene rings is 2. The second kappa shape index (κ2) is 11.5. The molecule has 2 N–H and O–H groups in total. The molecule has 6 nitrogen and oxygen atoms in total. The molecule has 0 atom stereocenters. The van der Waals surface area contributed by atoms with Crippen LogP contribution in [-0.4, -0.2) is 24.6 Å². The van der Waals surface area contributed by atoms with Gasteiger partial charge in [-0.15, -0.1) is 0 Å². The average Bonchev–Trinajstić information content (AvgIpc) is 2.79. The zero-order valence-electron chi connectivity index (χ0n) is 17.1. The van der Waals surface area contributed by atoms with E-state index in [9.17, 15) is 8.78 Å². The Balaban J connectivity index is 1.52. The zero-order valence-corrected chi connectivity index (χ0v) is 17.1. The van der Waals surface area contributed by atoms with Gasteiger partial charge < -0.3 is 20.1 Å². The lowest BCUT2D eigenvalue weighted by molar-refractivity contribution is -0.0504. The summed E-state index contributed by atoms with van der Waals surface area (Å²) in [6, 6.07) is 20.2. The summed E-state index contributed by atoms with van der Waals surface area (Å²) < 4.78 is 35.4. The maximum atomic E-state index is 12.6. The van der Waals surface area contributed by atoms with Crippen molar-refractivity contribution >= 4 is 5.96 Å². The number of pyridine rings is 1. The molecule has 0 spiro atoms. The van der Waals surface area contributed by atoms with Crippen LogP contribution in [-0.2, 0) is 19.7 Å². The van der Waals surface area contributed by atoms with Gasteiger partial charge in [0.05, 0.1) is 0 Å². The summed E-state index contributed by atoms with van der Waals surface area (Å²) >= 11 is 0. The highest BCUT2D eigenvalue weighted by molar-refractivity contribution is 5.79. The van der Waals surface area contributed by atoms with E-state index in [1.165, 1.54) is 6.07 Å². The number of ether oxygens (including phenoxy) is 2. The molecule has 0 aliphatic carbocycles. The molecular formula is C23H24F2N4O2. The Morgan fingerprint density at radius 2 is 1.71 bits per heavy atom. The second-order valence-electron chi connectivity index (χ2n) is 6.54. The van der Waals surface area contributed by atoms with Crippen molar-refractivity contribution in [2.75, 3.05) is 7.05 Å². The fourth-order valence-corrected chi connectivity index (χ4v) is 2.82. The number of rotatable bonds is 9. The molecule has 0 bridgehead atoms. The molecule has 0 aliphatic rings. The van der Waals surface area contributed by atoms with Crippen LogP contribution in [0.25, 0.3) is 0 Å². The maximum absolute atomic E-state index is 12.6. The predicted octanol–water partition coefficient (Wildman–Crippen LogP) is 4.13. The van der Waals surface area contributed by atoms with E-state index in [1.807, 2.05) is 42.5 Å². The van der Waals surface area contributed by atoms with Crippen molar-refractivity contribution in [2.45, 2.75) is 26.3 Å².